The molecule has 2 N–H and O–H groups in total. The minimum Gasteiger partial charge on any atom is -0.324 e. The van der Waals surface area contributed by atoms with Gasteiger partial charge in [-0.2, -0.15) is 0 Å². The van der Waals surface area contributed by atoms with E-state index in [1.54, 1.807) is 18.2 Å². The molecule has 0 aliphatic carbocycles. The first-order chi connectivity index (χ1) is 7.29. The minimum atomic E-state index is -2.98. The van der Waals surface area contributed by atoms with Crippen molar-refractivity contribution in [3.63, 3.8) is 0 Å². The van der Waals surface area contributed by atoms with Gasteiger partial charge in [0.15, 0.2) is 0 Å². The summed E-state index contributed by atoms with van der Waals surface area (Å²) < 4.78 is 22.0. The fraction of sp³-hybridized carbons (Fsp3) is 0.400. The number of sulfone groups is 1. The van der Waals surface area contributed by atoms with Crippen molar-refractivity contribution < 1.29 is 8.42 Å². The van der Waals surface area contributed by atoms with E-state index in [0.717, 1.165) is 5.56 Å². The van der Waals surface area contributed by atoms with Gasteiger partial charge in [-0.3, -0.25) is 0 Å². The van der Waals surface area contributed by atoms with E-state index in [2.05, 4.69) is 0 Å². The van der Waals surface area contributed by atoms with Crippen molar-refractivity contribution in [2.75, 3.05) is 12.0 Å². The molecule has 0 unspecified atom stereocenters. The average Bonchev–Trinajstić information content (AvgIpc) is 2.17. The molecule has 0 aliphatic rings. The third-order valence-corrected chi connectivity index (χ3v) is 3.89. The van der Waals surface area contributed by atoms with Gasteiger partial charge in [0.25, 0.3) is 0 Å². The lowest BCUT2D eigenvalue weighted by atomic mass is 10.1. The molecule has 3 nitrogen and oxygen atoms in total. The Balaban J connectivity index is 2.73. The number of rotatable bonds is 4. The van der Waals surface area contributed by atoms with Crippen LogP contribution < -0.4 is 5.73 Å². The highest BCUT2D eigenvalue weighted by Gasteiger charge is 2.11. The normalized spacial score (nSPS) is 13.8. The molecule has 0 aromatic heterocycles. The fourth-order valence-corrected chi connectivity index (χ4v) is 2.24. The Morgan fingerprint density at radius 3 is 2.44 bits per heavy atom. The van der Waals surface area contributed by atoms with Gasteiger partial charge in [-0.05, 0) is 24.1 Å². The zero-order valence-corrected chi connectivity index (χ0v) is 11.1. The molecule has 0 bridgehead atoms. The molecule has 0 aliphatic heterocycles. The predicted octanol–water partition coefficient (Wildman–Crippen LogP) is 2.43. The van der Waals surface area contributed by atoms with E-state index in [1.807, 2.05) is 0 Å². The molecule has 1 atom stereocenters. The maximum atomic E-state index is 11.0. The van der Waals surface area contributed by atoms with Crippen LogP contribution in [-0.2, 0) is 9.84 Å². The summed E-state index contributed by atoms with van der Waals surface area (Å²) in [7, 11) is -2.98. The zero-order chi connectivity index (χ0) is 12.3. The standard InChI is InChI=1S/C10H13Cl2NO2S/c1-16(14,15)5-4-10(13)7-2-3-8(11)9(12)6-7/h2-3,6,10H,4-5,13H2,1H3/t10-/m1/s1. The van der Waals surface area contributed by atoms with Crippen molar-refractivity contribution in [3.05, 3.63) is 33.8 Å². The molecule has 0 amide bonds. The van der Waals surface area contributed by atoms with Crippen LogP contribution in [0.5, 0.6) is 0 Å². The highest BCUT2D eigenvalue weighted by atomic mass is 35.5. The molecular formula is C10H13Cl2NO2S. The van der Waals surface area contributed by atoms with Crippen LogP contribution in [0.1, 0.15) is 18.0 Å². The van der Waals surface area contributed by atoms with Crippen molar-refractivity contribution in [2.45, 2.75) is 12.5 Å². The second-order valence-corrected chi connectivity index (χ2v) is 6.77. The maximum Gasteiger partial charge on any atom is 0.147 e. The third-order valence-electron chi connectivity index (χ3n) is 2.17. The van der Waals surface area contributed by atoms with Crippen molar-refractivity contribution in [1.29, 1.82) is 0 Å². The number of halogens is 2. The first-order valence-electron chi connectivity index (χ1n) is 4.68. The molecule has 0 radical (unpaired) electrons. The molecule has 0 saturated carbocycles. The van der Waals surface area contributed by atoms with E-state index in [-0.39, 0.29) is 11.8 Å². The van der Waals surface area contributed by atoms with Crippen LogP contribution in [0, 0.1) is 0 Å². The predicted molar refractivity (Wildman–Crippen MR) is 67.7 cm³/mol. The summed E-state index contributed by atoms with van der Waals surface area (Å²) in [5.41, 5.74) is 6.64. The van der Waals surface area contributed by atoms with Gasteiger partial charge in [0, 0.05) is 12.3 Å². The molecule has 1 rings (SSSR count). The SMILES string of the molecule is CS(=O)(=O)CC[C@@H](N)c1ccc(Cl)c(Cl)c1. The largest absolute Gasteiger partial charge is 0.324 e. The van der Waals surface area contributed by atoms with Crippen LogP contribution in [0.15, 0.2) is 18.2 Å². The van der Waals surface area contributed by atoms with Gasteiger partial charge < -0.3 is 5.73 Å². The van der Waals surface area contributed by atoms with E-state index in [0.29, 0.717) is 16.5 Å². The van der Waals surface area contributed by atoms with E-state index in [9.17, 15) is 8.42 Å². The van der Waals surface area contributed by atoms with Crippen LogP contribution in [0.3, 0.4) is 0 Å². The summed E-state index contributed by atoms with van der Waals surface area (Å²) in [5.74, 6) is 0.0639. The Bertz CT molecular complexity index is 474. The van der Waals surface area contributed by atoms with Crippen molar-refractivity contribution in [1.82, 2.24) is 0 Å². The summed E-state index contributed by atoms with van der Waals surface area (Å²) >= 11 is 11.6. The second kappa shape index (κ2) is 5.36. The number of benzene rings is 1. The Morgan fingerprint density at radius 1 is 1.31 bits per heavy atom. The molecular weight excluding hydrogens is 269 g/mol. The van der Waals surface area contributed by atoms with Crippen molar-refractivity contribution in [2.24, 2.45) is 5.73 Å². The van der Waals surface area contributed by atoms with E-state index >= 15 is 0 Å². The summed E-state index contributed by atoms with van der Waals surface area (Å²) in [5, 5.41) is 0.884. The summed E-state index contributed by atoms with van der Waals surface area (Å²) in [4.78, 5) is 0. The molecule has 0 fully saturated rings. The fourth-order valence-electron chi connectivity index (χ4n) is 1.25. The van der Waals surface area contributed by atoms with E-state index < -0.39 is 9.84 Å². The average molecular weight is 282 g/mol. The Kier molecular flexibility index (Phi) is 4.62. The molecule has 0 saturated heterocycles. The molecule has 0 heterocycles. The first-order valence-corrected chi connectivity index (χ1v) is 7.49. The van der Waals surface area contributed by atoms with E-state index in [4.69, 9.17) is 28.9 Å². The summed E-state index contributed by atoms with van der Waals surface area (Å²) in [6, 6.07) is 4.72. The van der Waals surface area contributed by atoms with Crippen molar-refractivity contribution >= 4 is 33.0 Å². The molecule has 16 heavy (non-hydrogen) atoms. The highest BCUT2D eigenvalue weighted by Crippen LogP contribution is 2.26. The lowest BCUT2D eigenvalue weighted by Gasteiger charge is -2.12. The lowest BCUT2D eigenvalue weighted by Crippen LogP contribution is -2.15. The van der Waals surface area contributed by atoms with Gasteiger partial charge in [0.1, 0.15) is 9.84 Å². The van der Waals surface area contributed by atoms with Gasteiger partial charge in [0.05, 0.1) is 15.8 Å². The third kappa shape index (κ3) is 4.29. The minimum absolute atomic E-state index is 0.0639. The van der Waals surface area contributed by atoms with Gasteiger partial charge >= 0.3 is 0 Å². The topological polar surface area (TPSA) is 60.2 Å². The van der Waals surface area contributed by atoms with Gasteiger partial charge in [-0.15, -0.1) is 0 Å². The van der Waals surface area contributed by atoms with E-state index in [1.165, 1.54) is 6.26 Å². The summed E-state index contributed by atoms with van der Waals surface area (Å²) in [6.07, 6.45) is 1.56. The number of nitrogens with two attached hydrogens (primary N) is 1. The number of hydrogen-bond donors (Lipinski definition) is 1. The van der Waals surface area contributed by atoms with Crippen LogP contribution in [0.4, 0.5) is 0 Å². The monoisotopic (exact) mass is 281 g/mol. The molecule has 1 aromatic rings. The Labute approximate surface area is 105 Å². The lowest BCUT2D eigenvalue weighted by molar-refractivity contribution is 0.592. The smallest absolute Gasteiger partial charge is 0.147 e. The van der Waals surface area contributed by atoms with Crippen LogP contribution in [0.2, 0.25) is 10.0 Å². The molecule has 1 aromatic carbocycles. The van der Waals surface area contributed by atoms with Gasteiger partial charge in [-0.1, -0.05) is 29.3 Å². The van der Waals surface area contributed by atoms with Gasteiger partial charge in [0.2, 0.25) is 0 Å². The van der Waals surface area contributed by atoms with Crippen molar-refractivity contribution in [3.8, 4) is 0 Å². The van der Waals surface area contributed by atoms with Crippen LogP contribution in [0.25, 0.3) is 0 Å². The summed E-state index contributed by atoms with van der Waals surface area (Å²) in [6.45, 7) is 0. The maximum absolute atomic E-state index is 11.0. The van der Waals surface area contributed by atoms with Crippen LogP contribution in [-0.4, -0.2) is 20.4 Å². The number of hydrogen-bond acceptors (Lipinski definition) is 3. The molecule has 0 spiro atoms. The first kappa shape index (κ1) is 13.8. The Hall–Kier alpha value is -0.290. The van der Waals surface area contributed by atoms with Gasteiger partial charge in [-0.25, -0.2) is 8.42 Å². The quantitative estimate of drug-likeness (QED) is 0.922. The second-order valence-electron chi connectivity index (χ2n) is 3.70. The molecule has 90 valence electrons. The highest BCUT2D eigenvalue weighted by molar-refractivity contribution is 7.90. The van der Waals surface area contributed by atoms with Crippen LogP contribution >= 0.6 is 23.2 Å². The zero-order valence-electron chi connectivity index (χ0n) is 8.78. The Morgan fingerprint density at radius 2 is 1.94 bits per heavy atom. The molecule has 6 heteroatoms.